The van der Waals surface area contributed by atoms with Gasteiger partial charge in [0, 0.05) is 146 Å². The van der Waals surface area contributed by atoms with Crippen molar-refractivity contribution in [2.45, 2.75) is 76.7 Å². The molecule has 0 amide bonds. The molecule has 0 bridgehead atoms. The molecule has 2 saturated carbocycles. The van der Waals surface area contributed by atoms with Crippen LogP contribution in [0, 0.1) is 23.3 Å². The number of carboxylic acid groups (broad SMARTS) is 4. The molecule has 4 aromatic carbocycles. The monoisotopic (exact) mass is 1430 g/mol. The number of halogens is 4. The van der Waals surface area contributed by atoms with E-state index in [2.05, 4.69) is 20.4 Å². The maximum Gasteiger partial charge on any atom is 0.341 e. The molecule has 8 aromatic rings. The topological polar surface area (TPSA) is 308 Å². The lowest BCUT2D eigenvalue weighted by molar-refractivity contribution is 0.0683. The van der Waals surface area contributed by atoms with Gasteiger partial charge in [-0.25, -0.2) is 36.7 Å². The highest BCUT2D eigenvalue weighted by Gasteiger charge is 2.37. The van der Waals surface area contributed by atoms with E-state index in [1.807, 2.05) is 59.0 Å². The molecule has 6 N–H and O–H groups in total. The van der Waals surface area contributed by atoms with Crippen LogP contribution in [0.15, 0.2) is 74.3 Å². The second kappa shape index (κ2) is 28.5. The minimum absolute atomic E-state index is 0.0434. The first-order chi connectivity index (χ1) is 49.2. The molecule has 4 aromatic heterocycles. The first-order valence-electron chi connectivity index (χ1n) is 34.4. The lowest BCUT2D eigenvalue weighted by Gasteiger charge is -2.37. The summed E-state index contributed by atoms with van der Waals surface area (Å²) in [5, 5.41) is 44.1. The van der Waals surface area contributed by atoms with E-state index in [0.29, 0.717) is 114 Å². The molecule has 0 radical (unpaired) electrons. The predicted octanol–water partition coefficient (Wildman–Crippen LogP) is 6.65. The van der Waals surface area contributed by atoms with Gasteiger partial charge in [-0.3, -0.25) is 19.2 Å². The molecule has 2 aliphatic carbocycles. The Labute approximate surface area is 585 Å². The van der Waals surface area contributed by atoms with E-state index >= 15 is 4.39 Å². The summed E-state index contributed by atoms with van der Waals surface area (Å²) in [6.45, 7) is 17.1. The van der Waals surface area contributed by atoms with Gasteiger partial charge in [0.05, 0.1) is 63.1 Å². The van der Waals surface area contributed by atoms with Crippen LogP contribution in [-0.2, 0) is 0 Å². The molecule has 0 spiro atoms. The van der Waals surface area contributed by atoms with Gasteiger partial charge in [0.1, 0.15) is 58.3 Å². The van der Waals surface area contributed by atoms with E-state index in [-0.39, 0.29) is 87.2 Å². The molecular formula is C72H80F4N12O15. The second-order valence-electron chi connectivity index (χ2n) is 27.6. The Bertz CT molecular complexity index is 4880. The molecule has 3 atom stereocenters. The Morgan fingerprint density at radius 3 is 1.28 bits per heavy atom. The zero-order valence-electron chi connectivity index (χ0n) is 57.7. The lowest BCUT2D eigenvalue weighted by Crippen LogP contribution is -2.49. The number of hydrogen-bond acceptors (Lipinski definition) is 19. The fourth-order valence-electron chi connectivity index (χ4n) is 14.6. The van der Waals surface area contributed by atoms with Crippen molar-refractivity contribution in [1.82, 2.24) is 38.7 Å². The first kappa shape index (κ1) is 71.2. The molecule has 2 unspecified atom stereocenters. The number of pyridine rings is 4. The Morgan fingerprint density at radius 1 is 0.466 bits per heavy atom. The van der Waals surface area contributed by atoms with E-state index < -0.39 is 68.9 Å². The lowest BCUT2D eigenvalue weighted by atomic mass is 10.1. The zero-order chi connectivity index (χ0) is 73.3. The van der Waals surface area contributed by atoms with Gasteiger partial charge < -0.3 is 92.9 Å². The highest BCUT2D eigenvalue weighted by molar-refractivity contribution is 6.00. The van der Waals surface area contributed by atoms with Crippen molar-refractivity contribution in [3.8, 4) is 17.2 Å². The van der Waals surface area contributed by atoms with Crippen LogP contribution in [0.25, 0.3) is 43.6 Å². The number of anilines is 4. The van der Waals surface area contributed by atoms with Crippen LogP contribution in [0.3, 0.4) is 0 Å². The van der Waals surface area contributed by atoms with Gasteiger partial charge in [0.25, 0.3) is 0 Å². The van der Waals surface area contributed by atoms with Crippen LogP contribution in [0.4, 0.5) is 40.3 Å². The van der Waals surface area contributed by atoms with Crippen LogP contribution >= 0.6 is 0 Å². The molecule has 6 aliphatic heterocycles. The smallest absolute Gasteiger partial charge is 0.341 e. The number of likely N-dealkylation sites (N-methyl/N-ethyl adjacent to an activating group) is 2. The number of ether oxygens (including phenoxy) is 3. The minimum atomic E-state index is -1.32. The summed E-state index contributed by atoms with van der Waals surface area (Å²) < 4.78 is 84.0. The molecule has 16 rings (SSSR count). The number of rotatable bonds is 11. The van der Waals surface area contributed by atoms with Crippen molar-refractivity contribution in [3.63, 3.8) is 0 Å². The molecular weight excluding hydrogens is 1350 g/mol. The number of carboxylic acids is 4. The molecule has 27 nitrogen and oxygen atoms in total. The fraction of sp³-hybridized carbons (Fsp3) is 0.444. The number of benzene rings is 4. The quantitative estimate of drug-likeness (QED) is 0.0738. The van der Waals surface area contributed by atoms with Gasteiger partial charge in [0.15, 0.2) is 34.7 Å². The van der Waals surface area contributed by atoms with Crippen LogP contribution in [0.1, 0.15) is 112 Å². The number of aromatic carboxylic acids is 4. The predicted molar refractivity (Wildman–Crippen MR) is 378 cm³/mol. The number of nitrogens with zero attached hydrogens (tertiary/aromatic N) is 10. The average Bonchev–Trinajstić information content (AvgIpc) is 1.48. The number of fused-ring (bicyclic) bond motifs is 2. The van der Waals surface area contributed by atoms with Gasteiger partial charge >= 0.3 is 23.9 Å². The van der Waals surface area contributed by atoms with E-state index in [0.717, 1.165) is 89.7 Å². The Kier molecular flexibility index (Phi) is 19.7. The average molecular weight is 1430 g/mol. The normalized spacial score (nSPS) is 19.7. The van der Waals surface area contributed by atoms with Gasteiger partial charge in [0.2, 0.25) is 21.7 Å². The largest absolute Gasteiger partial charge is 0.492 e. The third kappa shape index (κ3) is 13.5. The zero-order valence-corrected chi connectivity index (χ0v) is 57.7. The molecule has 6 fully saturated rings. The Balaban J connectivity index is 0.000000122. The molecule has 546 valence electrons. The summed E-state index contributed by atoms with van der Waals surface area (Å²) in [4.78, 5) is 108. The molecule has 8 aliphatic rings. The Hall–Kier alpha value is -10.2. The summed E-state index contributed by atoms with van der Waals surface area (Å²) >= 11 is 0. The number of nitrogens with one attached hydrogen (secondary N) is 2. The number of hydrogen-bond donors (Lipinski definition) is 6. The maximum absolute atomic E-state index is 15.1. The molecule has 31 heteroatoms. The van der Waals surface area contributed by atoms with Gasteiger partial charge in [-0.15, -0.1) is 0 Å². The number of carbonyl (C=O) groups is 4. The first-order valence-corrected chi connectivity index (χ1v) is 34.4. The third-order valence-electron chi connectivity index (χ3n) is 20.4. The van der Waals surface area contributed by atoms with Crippen LogP contribution in [-0.4, -0.2) is 211 Å². The maximum atomic E-state index is 15.1. The van der Waals surface area contributed by atoms with Crippen molar-refractivity contribution in [2.24, 2.45) is 0 Å². The van der Waals surface area contributed by atoms with Gasteiger partial charge in [-0.2, -0.15) is 0 Å². The second-order valence-corrected chi connectivity index (χ2v) is 27.6. The standard InChI is InChI=1S/C19H22FN3O4.2C18H20FN3O4.C17H18FN3O3/c1-10-8-22(6-5-21-10)16-14(20)7-12-15(18(16)27-2)23(11-3-4-11)9-13(17(12)24)19(25)26;2*1-10-9-26-17-14-11(16(23)12(18(24)25)8-22(10)14)7-13(19)15(17)21-5-3-20(2)4-6-21;18-13-7-11-14(8-15(13)20-5-3-19-4-6-20)21(10-1-2-10)9-12(16(11)22)17(23)24/h7,9-11,21H,3-6,8H2,1-2H3,(H,25,26);2*7-8,10H,3-6,9H2,1-2H3,(H,24,25);7-10,19H,1-6H2,(H,23,24)/t;10-;;/m.0../s1. The molecule has 4 saturated heterocycles. The highest BCUT2D eigenvalue weighted by Crippen LogP contribution is 2.47. The van der Waals surface area contributed by atoms with Crippen LogP contribution in [0.2, 0.25) is 0 Å². The van der Waals surface area contributed by atoms with Crippen LogP contribution in [0.5, 0.6) is 17.2 Å². The number of aromatic nitrogens is 4. The van der Waals surface area contributed by atoms with Crippen molar-refractivity contribution < 1.29 is 71.4 Å². The van der Waals surface area contributed by atoms with E-state index in [1.54, 1.807) is 19.8 Å². The SMILES string of the molecule is CC1COc2c(N3CCN(C)CC3)c(F)cc3c(=O)c(C(=O)O)cn1c23.COc1c(N2CCNC(C)C2)c(F)cc2c(=O)c(C(=O)O)cn(C3CC3)c12.C[C@H]1COc2c(N3CCN(C)CC3)c(F)cc3c(=O)c(C(=O)O)cn1c23.O=C(O)c1cn(C2CC2)c2cc(N3CCNCC3)c(F)cc2c1=O. The van der Waals surface area contributed by atoms with E-state index in [1.165, 1.54) is 38.0 Å². The van der Waals surface area contributed by atoms with Crippen molar-refractivity contribution in [2.75, 3.05) is 152 Å². The van der Waals surface area contributed by atoms with Crippen molar-refractivity contribution >= 4 is 90.2 Å². The fourth-order valence-corrected chi connectivity index (χ4v) is 14.6. The number of methoxy groups -OCH3 is 1. The molecule has 103 heavy (non-hydrogen) atoms. The highest BCUT2D eigenvalue weighted by atomic mass is 19.1. The van der Waals surface area contributed by atoms with E-state index in [4.69, 9.17) is 14.2 Å². The third-order valence-corrected chi connectivity index (χ3v) is 20.4. The van der Waals surface area contributed by atoms with Crippen LogP contribution < -0.4 is 66.2 Å². The van der Waals surface area contributed by atoms with Gasteiger partial charge in [-0.05, 0) is 90.9 Å². The summed E-state index contributed by atoms with van der Waals surface area (Å²) in [6.07, 6.45) is 9.12. The summed E-state index contributed by atoms with van der Waals surface area (Å²) in [6, 6.07) is 6.52. The van der Waals surface area contributed by atoms with Crippen molar-refractivity contribution in [1.29, 1.82) is 0 Å². The summed E-state index contributed by atoms with van der Waals surface area (Å²) in [5.74, 6) is -6.43. The minimum Gasteiger partial charge on any atom is -0.492 e. The van der Waals surface area contributed by atoms with Crippen molar-refractivity contribution in [3.05, 3.63) is 142 Å². The summed E-state index contributed by atoms with van der Waals surface area (Å²) in [7, 11) is 5.49. The van der Waals surface area contributed by atoms with Gasteiger partial charge in [-0.1, -0.05) is 0 Å². The number of piperazine rings is 4. The summed E-state index contributed by atoms with van der Waals surface area (Å²) in [5.41, 5.74) is -0.525. The Morgan fingerprint density at radius 2 is 0.854 bits per heavy atom. The molecule has 10 heterocycles. The van der Waals surface area contributed by atoms with E-state index in [9.17, 15) is 72.0 Å².